The van der Waals surface area contributed by atoms with Crippen LogP contribution in [0.15, 0.2) is 30.3 Å². The molecule has 1 rings (SSSR count). The largest absolute Gasteiger partial charge is 0.466 e. The van der Waals surface area contributed by atoms with Gasteiger partial charge in [0.05, 0.1) is 19.8 Å². The summed E-state index contributed by atoms with van der Waals surface area (Å²) in [4.78, 5) is 11.6. The Hall–Kier alpha value is -1.43. The van der Waals surface area contributed by atoms with Crippen LogP contribution < -0.4 is 5.73 Å². The van der Waals surface area contributed by atoms with Crippen molar-refractivity contribution in [2.45, 2.75) is 25.3 Å². The standard InChI is InChI=1S/C16H25NO4/c1-19-12-13-20-10-5-11-21-16(18)9-8-15(17)14-6-3-2-4-7-14/h2-4,6-7,15H,5,8-13,17H2,1H3. The van der Waals surface area contributed by atoms with Crippen LogP contribution in [0.5, 0.6) is 0 Å². The zero-order valence-corrected chi connectivity index (χ0v) is 12.6. The molecule has 0 spiro atoms. The van der Waals surface area contributed by atoms with Crippen LogP contribution in [0.2, 0.25) is 0 Å². The molecule has 118 valence electrons. The molecule has 1 atom stereocenters. The van der Waals surface area contributed by atoms with Crippen LogP contribution >= 0.6 is 0 Å². The third-order valence-corrected chi connectivity index (χ3v) is 3.02. The van der Waals surface area contributed by atoms with Gasteiger partial charge in [0.1, 0.15) is 0 Å². The van der Waals surface area contributed by atoms with Gasteiger partial charge in [-0.1, -0.05) is 30.3 Å². The molecule has 1 unspecified atom stereocenters. The van der Waals surface area contributed by atoms with Crippen molar-refractivity contribution in [2.75, 3.05) is 33.5 Å². The lowest BCUT2D eigenvalue weighted by atomic mass is 10.0. The third kappa shape index (κ3) is 8.45. The summed E-state index contributed by atoms with van der Waals surface area (Å²) in [6.07, 6.45) is 1.62. The van der Waals surface area contributed by atoms with Gasteiger partial charge in [0.15, 0.2) is 0 Å². The molecule has 0 radical (unpaired) electrons. The molecule has 5 nitrogen and oxygen atoms in total. The zero-order chi connectivity index (χ0) is 15.3. The monoisotopic (exact) mass is 295 g/mol. The Morgan fingerprint density at radius 3 is 2.62 bits per heavy atom. The quantitative estimate of drug-likeness (QED) is 0.500. The van der Waals surface area contributed by atoms with Crippen LogP contribution in [0.25, 0.3) is 0 Å². The molecular weight excluding hydrogens is 270 g/mol. The minimum Gasteiger partial charge on any atom is -0.466 e. The topological polar surface area (TPSA) is 70.8 Å². The fourth-order valence-corrected chi connectivity index (χ4v) is 1.80. The molecule has 0 aliphatic carbocycles. The van der Waals surface area contributed by atoms with Crippen LogP contribution in [0.4, 0.5) is 0 Å². The van der Waals surface area contributed by atoms with Gasteiger partial charge in [-0.2, -0.15) is 0 Å². The van der Waals surface area contributed by atoms with Gasteiger partial charge in [0, 0.05) is 32.6 Å². The second kappa shape index (κ2) is 11.3. The van der Waals surface area contributed by atoms with Crippen LogP contribution in [0.3, 0.4) is 0 Å². The summed E-state index contributed by atoms with van der Waals surface area (Å²) in [5.74, 6) is -0.210. The van der Waals surface area contributed by atoms with Gasteiger partial charge in [-0.15, -0.1) is 0 Å². The molecule has 0 aliphatic rings. The molecule has 0 saturated carbocycles. The number of esters is 1. The van der Waals surface area contributed by atoms with Gasteiger partial charge in [0.2, 0.25) is 0 Å². The second-order valence-corrected chi connectivity index (χ2v) is 4.74. The van der Waals surface area contributed by atoms with Gasteiger partial charge in [-0.05, 0) is 12.0 Å². The SMILES string of the molecule is COCCOCCCOC(=O)CCC(N)c1ccccc1. The first-order chi connectivity index (χ1) is 10.2. The number of ether oxygens (including phenoxy) is 3. The average molecular weight is 295 g/mol. The lowest BCUT2D eigenvalue weighted by Crippen LogP contribution is -2.14. The smallest absolute Gasteiger partial charge is 0.305 e. The molecule has 0 bridgehead atoms. The van der Waals surface area contributed by atoms with E-state index in [-0.39, 0.29) is 12.0 Å². The highest BCUT2D eigenvalue weighted by Gasteiger charge is 2.09. The molecule has 1 aromatic rings. The summed E-state index contributed by atoms with van der Waals surface area (Å²) >= 11 is 0. The highest BCUT2D eigenvalue weighted by atomic mass is 16.5. The third-order valence-electron chi connectivity index (χ3n) is 3.02. The zero-order valence-electron chi connectivity index (χ0n) is 12.6. The van der Waals surface area contributed by atoms with Gasteiger partial charge in [-0.25, -0.2) is 0 Å². The number of carbonyl (C=O) groups is 1. The summed E-state index contributed by atoms with van der Waals surface area (Å²) in [6.45, 7) is 2.10. The van der Waals surface area contributed by atoms with Crippen molar-refractivity contribution in [3.8, 4) is 0 Å². The van der Waals surface area contributed by atoms with Gasteiger partial charge in [-0.3, -0.25) is 4.79 Å². The van der Waals surface area contributed by atoms with Crippen molar-refractivity contribution in [2.24, 2.45) is 5.73 Å². The predicted octanol–water partition coefficient (Wildman–Crippen LogP) is 2.06. The van der Waals surface area contributed by atoms with E-state index in [0.29, 0.717) is 45.7 Å². The fourth-order valence-electron chi connectivity index (χ4n) is 1.80. The number of hydrogen-bond donors (Lipinski definition) is 1. The Kier molecular flexibility index (Phi) is 9.44. The van der Waals surface area contributed by atoms with E-state index in [9.17, 15) is 4.79 Å². The van der Waals surface area contributed by atoms with E-state index in [1.54, 1.807) is 7.11 Å². The van der Waals surface area contributed by atoms with Crippen LogP contribution in [-0.2, 0) is 19.0 Å². The van der Waals surface area contributed by atoms with Gasteiger partial charge in [0.25, 0.3) is 0 Å². The number of benzene rings is 1. The second-order valence-electron chi connectivity index (χ2n) is 4.74. The van der Waals surface area contributed by atoms with E-state index < -0.39 is 0 Å². The van der Waals surface area contributed by atoms with E-state index in [2.05, 4.69) is 0 Å². The number of methoxy groups -OCH3 is 1. The molecule has 21 heavy (non-hydrogen) atoms. The highest BCUT2D eigenvalue weighted by molar-refractivity contribution is 5.69. The minimum absolute atomic E-state index is 0.129. The van der Waals surface area contributed by atoms with Gasteiger partial charge < -0.3 is 19.9 Å². The Balaban J connectivity index is 2.03. The van der Waals surface area contributed by atoms with E-state index >= 15 is 0 Å². The van der Waals surface area contributed by atoms with Crippen molar-refractivity contribution in [3.05, 3.63) is 35.9 Å². The van der Waals surface area contributed by atoms with Crippen molar-refractivity contribution >= 4 is 5.97 Å². The summed E-state index contributed by atoms with van der Waals surface area (Å²) in [6, 6.07) is 9.63. The molecule has 5 heteroatoms. The summed E-state index contributed by atoms with van der Waals surface area (Å²) < 4.78 is 15.3. The first-order valence-electron chi connectivity index (χ1n) is 7.27. The maximum Gasteiger partial charge on any atom is 0.305 e. The van der Waals surface area contributed by atoms with Gasteiger partial charge >= 0.3 is 5.97 Å². The Bertz CT molecular complexity index is 383. The minimum atomic E-state index is -0.210. The molecule has 0 saturated heterocycles. The normalized spacial score (nSPS) is 12.1. The van der Waals surface area contributed by atoms with Crippen molar-refractivity contribution in [1.82, 2.24) is 0 Å². The lowest BCUT2D eigenvalue weighted by molar-refractivity contribution is -0.144. The maximum absolute atomic E-state index is 11.6. The molecule has 0 aromatic heterocycles. The van der Waals surface area contributed by atoms with Crippen molar-refractivity contribution < 1.29 is 19.0 Å². The summed E-state index contributed by atoms with van der Waals surface area (Å²) in [5.41, 5.74) is 7.07. The summed E-state index contributed by atoms with van der Waals surface area (Å²) in [7, 11) is 1.63. The predicted molar refractivity (Wildman–Crippen MR) is 80.9 cm³/mol. The lowest BCUT2D eigenvalue weighted by Gasteiger charge is -2.11. The van der Waals surface area contributed by atoms with Crippen LogP contribution in [-0.4, -0.2) is 39.5 Å². The maximum atomic E-state index is 11.6. The Morgan fingerprint density at radius 1 is 1.14 bits per heavy atom. The molecule has 0 fully saturated rings. The first-order valence-corrected chi connectivity index (χ1v) is 7.27. The van der Waals surface area contributed by atoms with E-state index in [1.165, 1.54) is 0 Å². The van der Waals surface area contributed by atoms with E-state index in [1.807, 2.05) is 30.3 Å². The van der Waals surface area contributed by atoms with Crippen molar-refractivity contribution in [1.29, 1.82) is 0 Å². The number of rotatable bonds is 11. The van der Waals surface area contributed by atoms with Crippen molar-refractivity contribution in [3.63, 3.8) is 0 Å². The number of carbonyl (C=O) groups excluding carboxylic acids is 1. The number of hydrogen-bond acceptors (Lipinski definition) is 5. The van der Waals surface area contributed by atoms with Crippen LogP contribution in [0, 0.1) is 0 Å². The molecule has 0 heterocycles. The van der Waals surface area contributed by atoms with E-state index in [4.69, 9.17) is 19.9 Å². The molecular formula is C16H25NO4. The molecule has 0 amide bonds. The fraction of sp³-hybridized carbons (Fsp3) is 0.562. The summed E-state index contributed by atoms with van der Waals surface area (Å²) in [5, 5.41) is 0. The molecule has 1 aromatic carbocycles. The first kappa shape index (κ1) is 17.6. The molecule has 0 aliphatic heterocycles. The molecule has 2 N–H and O–H groups in total. The highest BCUT2D eigenvalue weighted by Crippen LogP contribution is 2.15. The van der Waals surface area contributed by atoms with E-state index in [0.717, 1.165) is 5.56 Å². The van der Waals surface area contributed by atoms with Crippen LogP contribution in [0.1, 0.15) is 30.9 Å². The Labute approximate surface area is 126 Å². The Morgan fingerprint density at radius 2 is 1.90 bits per heavy atom. The number of nitrogens with two attached hydrogens (primary N) is 1. The average Bonchev–Trinajstić information content (AvgIpc) is 2.52.